The summed E-state index contributed by atoms with van der Waals surface area (Å²) in [7, 11) is 4.11. The van der Waals surface area contributed by atoms with Gasteiger partial charge in [-0.15, -0.1) is 24.0 Å². The van der Waals surface area contributed by atoms with Crippen molar-refractivity contribution >= 4 is 29.9 Å². The summed E-state index contributed by atoms with van der Waals surface area (Å²) in [6.45, 7) is 5.94. The molecule has 0 radical (unpaired) electrons. The second kappa shape index (κ2) is 10.7. The topological polar surface area (TPSA) is 39.7 Å². The summed E-state index contributed by atoms with van der Waals surface area (Å²) in [5.74, 6) is 2.80. The molecule has 0 unspecified atom stereocenters. The van der Waals surface area contributed by atoms with Crippen LogP contribution in [0.1, 0.15) is 51.9 Å². The van der Waals surface area contributed by atoms with Crippen molar-refractivity contribution in [3.63, 3.8) is 0 Å². The third-order valence-corrected chi connectivity index (χ3v) is 5.26. The summed E-state index contributed by atoms with van der Waals surface area (Å²) in [6.07, 6.45) is 9.26. The number of halogens is 1. The molecule has 0 aromatic rings. The molecule has 0 atom stereocenters. The summed E-state index contributed by atoms with van der Waals surface area (Å²) >= 11 is 0. The molecule has 0 spiro atoms. The molecular formula is C17H35IN4. The smallest absolute Gasteiger partial charge is 0.191 e. The molecule has 22 heavy (non-hydrogen) atoms. The van der Waals surface area contributed by atoms with Crippen molar-refractivity contribution in [1.29, 1.82) is 0 Å². The van der Waals surface area contributed by atoms with E-state index < -0.39 is 0 Å². The van der Waals surface area contributed by atoms with E-state index in [1.165, 1.54) is 58.0 Å². The Labute approximate surface area is 153 Å². The van der Waals surface area contributed by atoms with Crippen LogP contribution in [-0.2, 0) is 0 Å². The SMILES string of the molecule is CN=C(NCCC1CCN(C)CC1)NC1CCC(C)CC1.I. The van der Waals surface area contributed by atoms with Crippen molar-refractivity contribution in [2.24, 2.45) is 16.8 Å². The fourth-order valence-corrected chi connectivity index (χ4v) is 3.54. The number of aliphatic imine (C=N–C) groups is 1. The summed E-state index contributed by atoms with van der Waals surface area (Å²) in [5, 5.41) is 7.11. The quantitative estimate of drug-likeness (QED) is 0.416. The van der Waals surface area contributed by atoms with Gasteiger partial charge in [0.1, 0.15) is 0 Å². The monoisotopic (exact) mass is 422 g/mol. The van der Waals surface area contributed by atoms with E-state index in [1.54, 1.807) is 0 Å². The summed E-state index contributed by atoms with van der Waals surface area (Å²) < 4.78 is 0. The van der Waals surface area contributed by atoms with Crippen LogP contribution in [0.25, 0.3) is 0 Å². The van der Waals surface area contributed by atoms with Crippen LogP contribution in [0.3, 0.4) is 0 Å². The highest BCUT2D eigenvalue weighted by Gasteiger charge is 2.19. The Balaban J connectivity index is 0.00000242. The van der Waals surface area contributed by atoms with Crippen LogP contribution in [0.5, 0.6) is 0 Å². The highest BCUT2D eigenvalue weighted by Crippen LogP contribution is 2.23. The van der Waals surface area contributed by atoms with E-state index >= 15 is 0 Å². The molecule has 2 rings (SSSR count). The molecule has 2 N–H and O–H groups in total. The van der Waals surface area contributed by atoms with Crippen LogP contribution in [0, 0.1) is 11.8 Å². The zero-order valence-electron chi connectivity index (χ0n) is 14.6. The van der Waals surface area contributed by atoms with E-state index in [-0.39, 0.29) is 24.0 Å². The molecule has 130 valence electrons. The average molecular weight is 422 g/mol. The number of guanidine groups is 1. The molecule has 0 amide bonds. The Morgan fingerprint density at radius 1 is 1.09 bits per heavy atom. The largest absolute Gasteiger partial charge is 0.356 e. The van der Waals surface area contributed by atoms with Crippen molar-refractivity contribution < 1.29 is 0 Å². The van der Waals surface area contributed by atoms with Gasteiger partial charge in [0.2, 0.25) is 0 Å². The molecule has 2 aliphatic rings. The van der Waals surface area contributed by atoms with Crippen LogP contribution in [0.2, 0.25) is 0 Å². The Kier molecular flexibility index (Phi) is 9.71. The molecule has 0 aromatic carbocycles. The molecule has 2 fully saturated rings. The highest BCUT2D eigenvalue weighted by molar-refractivity contribution is 14.0. The van der Waals surface area contributed by atoms with Gasteiger partial charge in [-0.2, -0.15) is 0 Å². The van der Waals surface area contributed by atoms with E-state index in [1.807, 2.05) is 7.05 Å². The Morgan fingerprint density at radius 2 is 1.73 bits per heavy atom. The van der Waals surface area contributed by atoms with E-state index in [0.29, 0.717) is 6.04 Å². The first kappa shape index (κ1) is 20.0. The fourth-order valence-electron chi connectivity index (χ4n) is 3.54. The number of hydrogen-bond donors (Lipinski definition) is 2. The first-order valence-corrected chi connectivity index (χ1v) is 8.83. The number of nitrogens with zero attached hydrogens (tertiary/aromatic N) is 2. The molecule has 1 saturated heterocycles. The minimum Gasteiger partial charge on any atom is -0.356 e. The maximum Gasteiger partial charge on any atom is 0.191 e. The molecule has 5 heteroatoms. The lowest BCUT2D eigenvalue weighted by Gasteiger charge is -2.30. The lowest BCUT2D eigenvalue weighted by atomic mass is 9.87. The fraction of sp³-hybridized carbons (Fsp3) is 0.941. The van der Waals surface area contributed by atoms with Gasteiger partial charge < -0.3 is 15.5 Å². The zero-order valence-corrected chi connectivity index (χ0v) is 16.9. The van der Waals surface area contributed by atoms with Crippen molar-refractivity contribution in [3.8, 4) is 0 Å². The van der Waals surface area contributed by atoms with Gasteiger partial charge in [0.25, 0.3) is 0 Å². The van der Waals surface area contributed by atoms with Gasteiger partial charge in [0.15, 0.2) is 5.96 Å². The molecule has 4 nitrogen and oxygen atoms in total. The van der Waals surface area contributed by atoms with E-state index in [9.17, 15) is 0 Å². The molecule has 1 saturated carbocycles. The summed E-state index contributed by atoms with van der Waals surface area (Å²) in [4.78, 5) is 6.82. The number of hydrogen-bond acceptors (Lipinski definition) is 2. The van der Waals surface area contributed by atoms with Crippen LogP contribution in [0.15, 0.2) is 4.99 Å². The predicted molar refractivity (Wildman–Crippen MR) is 106 cm³/mol. The van der Waals surface area contributed by atoms with E-state index in [0.717, 1.165) is 24.3 Å². The lowest BCUT2D eigenvalue weighted by molar-refractivity contribution is 0.213. The van der Waals surface area contributed by atoms with Gasteiger partial charge in [0.05, 0.1) is 0 Å². The average Bonchev–Trinajstić information content (AvgIpc) is 2.50. The van der Waals surface area contributed by atoms with Gasteiger partial charge in [-0.1, -0.05) is 6.92 Å². The summed E-state index contributed by atoms with van der Waals surface area (Å²) in [6, 6.07) is 0.621. The Bertz CT molecular complexity index is 319. The Hall–Kier alpha value is -0.0400. The molecule has 0 aromatic heterocycles. The van der Waals surface area contributed by atoms with Gasteiger partial charge in [-0.25, -0.2) is 0 Å². The van der Waals surface area contributed by atoms with Crippen LogP contribution in [0.4, 0.5) is 0 Å². The first-order chi connectivity index (χ1) is 10.2. The third-order valence-electron chi connectivity index (χ3n) is 5.26. The van der Waals surface area contributed by atoms with E-state index in [4.69, 9.17) is 0 Å². The standard InChI is InChI=1S/C17H34N4.HI/c1-14-4-6-16(7-5-14)20-17(18-2)19-11-8-15-9-12-21(3)13-10-15;/h14-16H,4-13H2,1-3H3,(H2,18,19,20);1H. The lowest BCUT2D eigenvalue weighted by Crippen LogP contribution is -2.45. The number of piperidine rings is 1. The maximum atomic E-state index is 4.38. The van der Waals surface area contributed by atoms with Gasteiger partial charge in [0, 0.05) is 19.6 Å². The van der Waals surface area contributed by atoms with Crippen LogP contribution >= 0.6 is 24.0 Å². The minimum absolute atomic E-state index is 0. The van der Waals surface area contributed by atoms with Crippen LogP contribution < -0.4 is 10.6 Å². The number of nitrogens with one attached hydrogen (secondary N) is 2. The number of rotatable bonds is 4. The van der Waals surface area contributed by atoms with Gasteiger partial charge in [-0.05, 0) is 76.9 Å². The minimum atomic E-state index is 0. The highest BCUT2D eigenvalue weighted by atomic mass is 127. The van der Waals surface area contributed by atoms with Crippen molar-refractivity contribution in [1.82, 2.24) is 15.5 Å². The second-order valence-corrected chi connectivity index (χ2v) is 7.14. The maximum absolute atomic E-state index is 4.38. The molecule has 0 bridgehead atoms. The molecular weight excluding hydrogens is 387 g/mol. The van der Waals surface area contributed by atoms with Crippen LogP contribution in [-0.4, -0.2) is 50.6 Å². The van der Waals surface area contributed by atoms with E-state index in [2.05, 4.69) is 34.5 Å². The van der Waals surface area contributed by atoms with Crippen molar-refractivity contribution in [2.45, 2.75) is 57.9 Å². The van der Waals surface area contributed by atoms with Gasteiger partial charge >= 0.3 is 0 Å². The second-order valence-electron chi connectivity index (χ2n) is 7.14. The molecule has 1 heterocycles. The predicted octanol–water partition coefficient (Wildman–Crippen LogP) is 3.08. The zero-order chi connectivity index (χ0) is 15.1. The summed E-state index contributed by atoms with van der Waals surface area (Å²) in [5.41, 5.74) is 0. The Morgan fingerprint density at radius 3 is 2.32 bits per heavy atom. The molecule has 1 aliphatic carbocycles. The normalized spacial score (nSPS) is 28.0. The number of likely N-dealkylation sites (tertiary alicyclic amines) is 1. The molecule has 1 aliphatic heterocycles. The van der Waals surface area contributed by atoms with Crippen molar-refractivity contribution in [3.05, 3.63) is 0 Å². The van der Waals surface area contributed by atoms with Gasteiger partial charge in [-0.3, -0.25) is 4.99 Å². The first-order valence-electron chi connectivity index (χ1n) is 8.83. The van der Waals surface area contributed by atoms with Crippen molar-refractivity contribution in [2.75, 3.05) is 33.7 Å². The third kappa shape index (κ3) is 7.02.